The third-order valence-corrected chi connectivity index (χ3v) is 2.99. The first-order valence-electron chi connectivity index (χ1n) is 5.98. The third-order valence-electron chi connectivity index (χ3n) is 2.66. The number of hydrogen-bond acceptors (Lipinski definition) is 3. The molecular weight excluding hydrogens is 248 g/mol. The Bertz CT molecular complexity index is 543. The predicted molar refractivity (Wildman–Crippen MR) is 73.0 cm³/mol. The fraction of sp³-hybridized carbons (Fsp3) is 0.286. The zero-order chi connectivity index (χ0) is 13.0. The number of benzene rings is 1. The molecule has 0 N–H and O–H groups in total. The molecule has 0 saturated carbocycles. The Labute approximate surface area is 112 Å². The second-order valence-electron chi connectivity index (χ2n) is 3.81. The Morgan fingerprint density at radius 1 is 1.22 bits per heavy atom. The molecule has 0 aliphatic carbocycles. The van der Waals surface area contributed by atoms with Crippen LogP contribution >= 0.6 is 11.6 Å². The molecule has 1 heterocycles. The van der Waals surface area contributed by atoms with Crippen molar-refractivity contribution in [3.63, 3.8) is 0 Å². The van der Waals surface area contributed by atoms with E-state index in [0.29, 0.717) is 11.8 Å². The van der Waals surface area contributed by atoms with E-state index in [-0.39, 0.29) is 0 Å². The Hall–Kier alpha value is -1.61. The molecule has 2 aromatic rings. The Balaban J connectivity index is 2.48. The molecule has 1 aromatic heterocycles. The van der Waals surface area contributed by atoms with Gasteiger partial charge in [-0.1, -0.05) is 30.7 Å². The Kier molecular flexibility index (Phi) is 4.15. The average Bonchev–Trinajstić information content (AvgIpc) is 2.39. The largest absolute Gasteiger partial charge is 0.494 e. The molecule has 0 saturated heterocycles. The fourth-order valence-electron chi connectivity index (χ4n) is 1.85. The molecule has 4 heteroatoms. The number of nitrogens with zero attached hydrogens (tertiary/aromatic N) is 2. The molecule has 18 heavy (non-hydrogen) atoms. The summed E-state index contributed by atoms with van der Waals surface area (Å²) in [6.07, 6.45) is 2.29. The van der Waals surface area contributed by atoms with Crippen LogP contribution in [0.4, 0.5) is 0 Å². The summed E-state index contributed by atoms with van der Waals surface area (Å²) >= 11 is 6.10. The van der Waals surface area contributed by atoms with Crippen molar-refractivity contribution in [1.29, 1.82) is 0 Å². The highest BCUT2D eigenvalue weighted by Crippen LogP contribution is 2.28. The lowest BCUT2D eigenvalue weighted by Crippen LogP contribution is -1.96. The standard InChI is InChI=1S/C14H15ClN2O/c1-3-12-13(16-9-17-14(12)15)10-6-5-7-11(8-10)18-4-2/h5-9H,3-4H2,1-2H3. The summed E-state index contributed by atoms with van der Waals surface area (Å²) in [4.78, 5) is 8.35. The highest BCUT2D eigenvalue weighted by atomic mass is 35.5. The molecule has 0 atom stereocenters. The maximum Gasteiger partial charge on any atom is 0.136 e. The molecule has 1 aromatic carbocycles. The lowest BCUT2D eigenvalue weighted by molar-refractivity contribution is 0.340. The first-order valence-corrected chi connectivity index (χ1v) is 6.36. The topological polar surface area (TPSA) is 35.0 Å². The number of hydrogen-bond donors (Lipinski definition) is 0. The molecule has 0 unspecified atom stereocenters. The first-order chi connectivity index (χ1) is 8.76. The summed E-state index contributed by atoms with van der Waals surface area (Å²) in [5, 5.41) is 0.518. The van der Waals surface area contributed by atoms with Crippen molar-refractivity contribution in [1.82, 2.24) is 9.97 Å². The summed E-state index contributed by atoms with van der Waals surface area (Å²) in [6.45, 7) is 4.65. The Morgan fingerprint density at radius 3 is 2.78 bits per heavy atom. The first kappa shape index (κ1) is 12.8. The zero-order valence-electron chi connectivity index (χ0n) is 10.5. The van der Waals surface area contributed by atoms with Gasteiger partial charge in [0.1, 0.15) is 17.2 Å². The molecule has 3 nitrogen and oxygen atoms in total. The molecule has 0 bridgehead atoms. The molecule has 94 valence electrons. The van der Waals surface area contributed by atoms with Gasteiger partial charge in [0.15, 0.2) is 0 Å². The van der Waals surface area contributed by atoms with Crippen molar-refractivity contribution in [3.05, 3.63) is 41.3 Å². The quantitative estimate of drug-likeness (QED) is 0.787. The molecule has 0 radical (unpaired) electrons. The summed E-state index contributed by atoms with van der Waals surface area (Å²) in [5.41, 5.74) is 2.84. The van der Waals surface area contributed by atoms with E-state index in [1.54, 1.807) is 0 Å². The minimum atomic E-state index is 0.518. The minimum Gasteiger partial charge on any atom is -0.494 e. The van der Waals surface area contributed by atoms with Crippen molar-refractivity contribution >= 4 is 11.6 Å². The average molecular weight is 263 g/mol. The third kappa shape index (κ3) is 2.62. The van der Waals surface area contributed by atoms with E-state index in [9.17, 15) is 0 Å². The van der Waals surface area contributed by atoms with E-state index in [2.05, 4.69) is 9.97 Å². The summed E-state index contributed by atoms with van der Waals surface area (Å²) < 4.78 is 5.50. The smallest absolute Gasteiger partial charge is 0.136 e. The van der Waals surface area contributed by atoms with Crippen molar-refractivity contribution in [2.45, 2.75) is 20.3 Å². The normalized spacial score (nSPS) is 10.4. The highest BCUT2D eigenvalue weighted by Gasteiger charge is 2.10. The highest BCUT2D eigenvalue weighted by molar-refractivity contribution is 6.30. The van der Waals surface area contributed by atoms with Crippen molar-refractivity contribution in [2.75, 3.05) is 6.61 Å². The molecule has 0 aliphatic rings. The second kappa shape index (κ2) is 5.83. The fourth-order valence-corrected chi connectivity index (χ4v) is 2.12. The summed E-state index contributed by atoms with van der Waals surface area (Å²) in [6, 6.07) is 7.86. The lowest BCUT2D eigenvalue weighted by Gasteiger charge is -2.09. The van der Waals surface area contributed by atoms with Crippen LogP contribution in [0.5, 0.6) is 5.75 Å². The van der Waals surface area contributed by atoms with Crippen LogP contribution in [0.25, 0.3) is 11.3 Å². The molecule has 0 amide bonds. The van der Waals surface area contributed by atoms with Gasteiger partial charge in [0, 0.05) is 11.1 Å². The molecular formula is C14H15ClN2O. The maximum absolute atomic E-state index is 6.10. The summed E-state index contributed by atoms with van der Waals surface area (Å²) in [7, 11) is 0. The molecule has 0 spiro atoms. The van der Waals surface area contributed by atoms with Crippen LogP contribution in [-0.2, 0) is 6.42 Å². The molecule has 2 rings (SSSR count). The van der Waals surface area contributed by atoms with E-state index in [0.717, 1.165) is 29.0 Å². The van der Waals surface area contributed by atoms with Crippen molar-refractivity contribution < 1.29 is 4.74 Å². The van der Waals surface area contributed by atoms with Gasteiger partial charge in [-0.05, 0) is 25.5 Å². The number of rotatable bonds is 4. The van der Waals surface area contributed by atoms with Gasteiger partial charge >= 0.3 is 0 Å². The van der Waals surface area contributed by atoms with E-state index in [1.807, 2.05) is 38.1 Å². The van der Waals surface area contributed by atoms with Crippen LogP contribution in [0, 0.1) is 0 Å². The van der Waals surface area contributed by atoms with E-state index >= 15 is 0 Å². The molecule has 0 aliphatic heterocycles. The number of ether oxygens (including phenoxy) is 1. The monoisotopic (exact) mass is 262 g/mol. The minimum absolute atomic E-state index is 0.518. The van der Waals surface area contributed by atoms with Gasteiger partial charge in [-0.15, -0.1) is 0 Å². The number of halogens is 1. The van der Waals surface area contributed by atoms with Gasteiger partial charge in [-0.25, -0.2) is 9.97 Å². The van der Waals surface area contributed by atoms with E-state index < -0.39 is 0 Å². The SMILES string of the molecule is CCOc1cccc(-c2ncnc(Cl)c2CC)c1. The predicted octanol–water partition coefficient (Wildman–Crippen LogP) is 3.76. The van der Waals surface area contributed by atoms with Crippen LogP contribution < -0.4 is 4.74 Å². The van der Waals surface area contributed by atoms with Gasteiger partial charge in [0.05, 0.1) is 12.3 Å². The van der Waals surface area contributed by atoms with Gasteiger partial charge in [-0.3, -0.25) is 0 Å². The van der Waals surface area contributed by atoms with Gasteiger partial charge < -0.3 is 4.74 Å². The second-order valence-corrected chi connectivity index (χ2v) is 4.16. The summed E-state index contributed by atoms with van der Waals surface area (Å²) in [5.74, 6) is 0.840. The van der Waals surface area contributed by atoms with Crippen LogP contribution in [0.15, 0.2) is 30.6 Å². The van der Waals surface area contributed by atoms with Crippen LogP contribution in [0.3, 0.4) is 0 Å². The van der Waals surface area contributed by atoms with Crippen LogP contribution in [0.2, 0.25) is 5.15 Å². The van der Waals surface area contributed by atoms with Gasteiger partial charge in [-0.2, -0.15) is 0 Å². The zero-order valence-corrected chi connectivity index (χ0v) is 11.2. The number of aromatic nitrogens is 2. The van der Waals surface area contributed by atoms with E-state index in [4.69, 9.17) is 16.3 Å². The molecule has 0 fully saturated rings. The van der Waals surface area contributed by atoms with E-state index in [1.165, 1.54) is 6.33 Å². The van der Waals surface area contributed by atoms with Crippen molar-refractivity contribution in [3.8, 4) is 17.0 Å². The van der Waals surface area contributed by atoms with Gasteiger partial charge in [0.25, 0.3) is 0 Å². The van der Waals surface area contributed by atoms with Crippen LogP contribution in [-0.4, -0.2) is 16.6 Å². The van der Waals surface area contributed by atoms with Crippen molar-refractivity contribution in [2.24, 2.45) is 0 Å². The van der Waals surface area contributed by atoms with Gasteiger partial charge in [0.2, 0.25) is 0 Å². The maximum atomic E-state index is 6.10. The van der Waals surface area contributed by atoms with Crippen LogP contribution in [0.1, 0.15) is 19.4 Å². The lowest BCUT2D eigenvalue weighted by atomic mass is 10.1. The Morgan fingerprint density at radius 2 is 2.06 bits per heavy atom.